The van der Waals surface area contributed by atoms with Gasteiger partial charge in [0.2, 0.25) is 0 Å². The van der Waals surface area contributed by atoms with Crippen LogP contribution in [0.5, 0.6) is 0 Å². The molecule has 0 bridgehead atoms. The van der Waals surface area contributed by atoms with E-state index >= 15 is 0 Å². The molecule has 1 aliphatic rings. The van der Waals surface area contributed by atoms with Gasteiger partial charge in [-0.05, 0) is 24.5 Å². The van der Waals surface area contributed by atoms with E-state index in [1.54, 1.807) is 6.07 Å². The van der Waals surface area contributed by atoms with Crippen LogP contribution in [-0.4, -0.2) is 6.10 Å². The molecule has 18 heavy (non-hydrogen) atoms. The first kappa shape index (κ1) is 13.4. The molecule has 1 aromatic rings. The Hall–Kier alpha value is -1.07. The minimum Gasteiger partial charge on any atom is -0.298 e. The molecule has 0 atom stereocenters. The van der Waals surface area contributed by atoms with E-state index in [1.165, 1.54) is 12.1 Å². The minimum atomic E-state index is -4.31. The lowest BCUT2D eigenvalue weighted by Gasteiger charge is -2.15. The maximum absolute atomic E-state index is 12.7. The van der Waals surface area contributed by atoms with Crippen LogP contribution in [0.3, 0.4) is 0 Å². The van der Waals surface area contributed by atoms with E-state index in [9.17, 15) is 13.2 Å². The van der Waals surface area contributed by atoms with Crippen molar-refractivity contribution >= 4 is 0 Å². The van der Waals surface area contributed by atoms with Crippen LogP contribution < -0.4 is 5.48 Å². The fourth-order valence-corrected chi connectivity index (χ4v) is 2.19. The molecule has 1 N–H and O–H groups in total. The quantitative estimate of drug-likeness (QED) is 0.833. The molecule has 1 aliphatic carbocycles. The fourth-order valence-electron chi connectivity index (χ4n) is 2.19. The van der Waals surface area contributed by atoms with Crippen molar-refractivity contribution in [2.75, 3.05) is 0 Å². The summed E-state index contributed by atoms with van der Waals surface area (Å²) in [5.74, 6) is 0. The van der Waals surface area contributed by atoms with Gasteiger partial charge in [0, 0.05) is 6.54 Å². The number of halogens is 3. The Morgan fingerprint density at radius 3 is 2.50 bits per heavy atom. The Bertz CT molecular complexity index is 386. The third-order valence-corrected chi connectivity index (χ3v) is 3.14. The van der Waals surface area contributed by atoms with E-state index in [4.69, 9.17) is 4.84 Å². The van der Waals surface area contributed by atoms with Crippen LogP contribution in [0.15, 0.2) is 24.3 Å². The maximum Gasteiger partial charge on any atom is 0.416 e. The van der Waals surface area contributed by atoms with Gasteiger partial charge < -0.3 is 0 Å². The van der Waals surface area contributed by atoms with Gasteiger partial charge >= 0.3 is 6.18 Å². The molecular formula is C13H16F3NO. The number of alkyl halides is 3. The topological polar surface area (TPSA) is 21.3 Å². The first-order valence-corrected chi connectivity index (χ1v) is 6.11. The first-order chi connectivity index (χ1) is 8.57. The Morgan fingerprint density at radius 1 is 1.17 bits per heavy atom. The molecule has 5 heteroatoms. The molecule has 2 rings (SSSR count). The van der Waals surface area contributed by atoms with Gasteiger partial charge in [-0.15, -0.1) is 0 Å². The minimum absolute atomic E-state index is 0.0756. The lowest BCUT2D eigenvalue weighted by molar-refractivity contribution is -0.138. The average Bonchev–Trinajstić information content (AvgIpc) is 2.81. The number of hydroxylamine groups is 1. The van der Waals surface area contributed by atoms with Gasteiger partial charge in [0.1, 0.15) is 0 Å². The van der Waals surface area contributed by atoms with Crippen molar-refractivity contribution in [3.63, 3.8) is 0 Å². The highest BCUT2D eigenvalue weighted by Crippen LogP contribution is 2.31. The SMILES string of the molecule is FC(F)(F)c1ccccc1CNOC1CCCC1. The first-order valence-electron chi connectivity index (χ1n) is 6.11. The van der Waals surface area contributed by atoms with Gasteiger partial charge in [0.25, 0.3) is 0 Å². The molecule has 2 nitrogen and oxygen atoms in total. The Balaban J connectivity index is 1.92. The molecule has 0 heterocycles. The predicted octanol–water partition coefficient (Wildman–Crippen LogP) is 3.67. The summed E-state index contributed by atoms with van der Waals surface area (Å²) < 4.78 is 38.1. The van der Waals surface area contributed by atoms with Gasteiger partial charge in [-0.25, -0.2) is 0 Å². The van der Waals surface area contributed by atoms with E-state index in [1.807, 2.05) is 0 Å². The van der Waals surface area contributed by atoms with Gasteiger partial charge in [-0.2, -0.15) is 18.7 Å². The van der Waals surface area contributed by atoms with Crippen LogP contribution in [0, 0.1) is 0 Å². The van der Waals surface area contributed by atoms with Gasteiger partial charge in [-0.1, -0.05) is 31.0 Å². The van der Waals surface area contributed by atoms with Gasteiger partial charge in [0.15, 0.2) is 0 Å². The van der Waals surface area contributed by atoms with Crippen LogP contribution in [0.25, 0.3) is 0 Å². The Kier molecular flexibility index (Phi) is 4.24. The second kappa shape index (κ2) is 5.71. The van der Waals surface area contributed by atoms with Crippen molar-refractivity contribution in [2.24, 2.45) is 0 Å². The fraction of sp³-hybridized carbons (Fsp3) is 0.538. The summed E-state index contributed by atoms with van der Waals surface area (Å²) in [6.07, 6.45) is 0.0489. The van der Waals surface area contributed by atoms with Crippen LogP contribution in [0.1, 0.15) is 36.8 Å². The summed E-state index contributed by atoms with van der Waals surface area (Å²) in [7, 11) is 0. The summed E-state index contributed by atoms with van der Waals surface area (Å²) in [5, 5.41) is 0. The van der Waals surface area contributed by atoms with Crippen molar-refractivity contribution in [3.8, 4) is 0 Å². The summed E-state index contributed by atoms with van der Waals surface area (Å²) >= 11 is 0. The maximum atomic E-state index is 12.7. The Morgan fingerprint density at radius 2 is 1.83 bits per heavy atom. The largest absolute Gasteiger partial charge is 0.416 e. The molecule has 0 unspecified atom stereocenters. The van der Waals surface area contributed by atoms with E-state index in [0.29, 0.717) is 0 Å². The molecule has 0 saturated heterocycles. The third kappa shape index (κ3) is 3.46. The standard InChI is InChI=1S/C13H16F3NO/c14-13(15,16)12-8-4-1-5-10(12)9-17-18-11-6-2-3-7-11/h1,4-5,8,11,17H,2-3,6-7,9H2. The predicted molar refractivity (Wildman–Crippen MR) is 61.6 cm³/mol. The zero-order valence-corrected chi connectivity index (χ0v) is 9.96. The van der Waals surface area contributed by atoms with Gasteiger partial charge in [0.05, 0.1) is 11.7 Å². The molecule has 1 fully saturated rings. The molecule has 0 spiro atoms. The number of hydrogen-bond acceptors (Lipinski definition) is 2. The summed E-state index contributed by atoms with van der Waals surface area (Å²) in [4.78, 5) is 5.36. The summed E-state index contributed by atoms with van der Waals surface area (Å²) in [6, 6.07) is 5.55. The van der Waals surface area contributed by atoms with Crippen molar-refractivity contribution in [1.82, 2.24) is 5.48 Å². The van der Waals surface area contributed by atoms with E-state index < -0.39 is 11.7 Å². The highest BCUT2D eigenvalue weighted by Gasteiger charge is 2.32. The molecule has 0 aliphatic heterocycles. The monoisotopic (exact) mass is 259 g/mol. The third-order valence-electron chi connectivity index (χ3n) is 3.14. The second-order valence-corrected chi connectivity index (χ2v) is 4.50. The van der Waals surface area contributed by atoms with Crippen LogP contribution in [-0.2, 0) is 17.6 Å². The number of hydrogen-bond donors (Lipinski definition) is 1. The average molecular weight is 259 g/mol. The van der Waals surface area contributed by atoms with Gasteiger partial charge in [-0.3, -0.25) is 4.84 Å². The van der Waals surface area contributed by atoms with E-state index in [2.05, 4.69) is 5.48 Å². The number of nitrogens with one attached hydrogen (secondary N) is 1. The highest BCUT2D eigenvalue weighted by atomic mass is 19.4. The van der Waals surface area contributed by atoms with Crippen molar-refractivity contribution in [3.05, 3.63) is 35.4 Å². The smallest absolute Gasteiger partial charge is 0.298 e. The summed E-state index contributed by atoms with van der Waals surface area (Å²) in [5.41, 5.74) is 2.26. The lowest BCUT2D eigenvalue weighted by atomic mass is 10.1. The van der Waals surface area contributed by atoms with Crippen LogP contribution in [0.4, 0.5) is 13.2 Å². The second-order valence-electron chi connectivity index (χ2n) is 4.50. The molecule has 0 radical (unpaired) electrons. The summed E-state index contributed by atoms with van der Waals surface area (Å²) in [6.45, 7) is 0.0756. The highest BCUT2D eigenvalue weighted by molar-refractivity contribution is 5.29. The van der Waals surface area contributed by atoms with Crippen molar-refractivity contribution in [1.29, 1.82) is 0 Å². The van der Waals surface area contributed by atoms with E-state index in [-0.39, 0.29) is 18.2 Å². The number of benzene rings is 1. The van der Waals surface area contributed by atoms with Crippen molar-refractivity contribution < 1.29 is 18.0 Å². The van der Waals surface area contributed by atoms with Crippen LogP contribution >= 0.6 is 0 Å². The van der Waals surface area contributed by atoms with Crippen LogP contribution in [0.2, 0.25) is 0 Å². The molecule has 100 valence electrons. The molecule has 1 saturated carbocycles. The zero-order valence-electron chi connectivity index (χ0n) is 9.96. The zero-order chi connectivity index (χ0) is 13.0. The molecule has 0 aromatic heterocycles. The lowest BCUT2D eigenvalue weighted by Crippen LogP contribution is -2.23. The number of rotatable bonds is 4. The Labute approximate surface area is 104 Å². The molecular weight excluding hydrogens is 243 g/mol. The molecule has 0 amide bonds. The van der Waals surface area contributed by atoms with E-state index in [0.717, 1.165) is 31.7 Å². The van der Waals surface area contributed by atoms with Crippen molar-refractivity contribution in [2.45, 2.75) is 44.5 Å². The molecule has 1 aromatic carbocycles. The normalized spacial score (nSPS) is 17.3.